The van der Waals surface area contributed by atoms with Crippen molar-refractivity contribution >= 4 is 5.91 Å². The number of halogens is 2. The largest absolute Gasteiger partial charge is 0.381 e. The summed E-state index contributed by atoms with van der Waals surface area (Å²) >= 11 is 0. The molecule has 4 nitrogen and oxygen atoms in total. The first-order valence-electron chi connectivity index (χ1n) is 7.05. The molecule has 6 heteroatoms. The van der Waals surface area contributed by atoms with Crippen molar-refractivity contribution in [1.29, 1.82) is 0 Å². The van der Waals surface area contributed by atoms with Crippen LogP contribution in [0.25, 0.3) is 0 Å². The summed E-state index contributed by atoms with van der Waals surface area (Å²) in [5, 5.41) is 2.55. The van der Waals surface area contributed by atoms with Crippen LogP contribution in [0.5, 0.6) is 0 Å². The minimum Gasteiger partial charge on any atom is -0.381 e. The molecule has 1 aliphatic rings. The third-order valence-corrected chi connectivity index (χ3v) is 3.30. The van der Waals surface area contributed by atoms with E-state index in [0.29, 0.717) is 32.1 Å². The van der Waals surface area contributed by atoms with Crippen molar-refractivity contribution < 1.29 is 23.0 Å². The Bertz CT molecular complexity index is 476. The number of ether oxygens (including phenoxy) is 2. The van der Waals surface area contributed by atoms with E-state index in [0.717, 1.165) is 37.8 Å². The molecule has 1 aromatic carbocycles. The first kappa shape index (κ1) is 15.9. The maximum absolute atomic E-state index is 13.4. The van der Waals surface area contributed by atoms with Gasteiger partial charge in [-0.05, 0) is 31.0 Å². The zero-order chi connectivity index (χ0) is 15.1. The number of hydrogen-bond donors (Lipinski definition) is 1. The molecular weight excluding hydrogens is 280 g/mol. The molecule has 1 atom stereocenters. The lowest BCUT2D eigenvalue weighted by Crippen LogP contribution is -2.26. The van der Waals surface area contributed by atoms with Crippen LogP contribution < -0.4 is 5.32 Å². The number of carbonyl (C=O) groups is 1. The average molecular weight is 299 g/mol. The van der Waals surface area contributed by atoms with Gasteiger partial charge in [0.05, 0.1) is 18.8 Å². The number of carbonyl (C=O) groups excluding carboxylic acids is 1. The molecule has 1 amide bonds. The normalized spacial score (nSPS) is 17.9. The summed E-state index contributed by atoms with van der Waals surface area (Å²) < 4.78 is 37.0. The predicted molar refractivity (Wildman–Crippen MR) is 73.1 cm³/mol. The quantitative estimate of drug-likeness (QED) is 0.785. The molecule has 21 heavy (non-hydrogen) atoms. The molecule has 2 rings (SSSR count). The molecule has 0 aliphatic carbocycles. The fourth-order valence-corrected chi connectivity index (χ4v) is 2.11. The van der Waals surface area contributed by atoms with E-state index in [-0.39, 0.29) is 5.56 Å². The van der Waals surface area contributed by atoms with Crippen molar-refractivity contribution in [1.82, 2.24) is 5.32 Å². The number of amides is 1. The Hall–Kier alpha value is -1.53. The van der Waals surface area contributed by atoms with Gasteiger partial charge in [-0.25, -0.2) is 8.78 Å². The van der Waals surface area contributed by atoms with Gasteiger partial charge in [-0.15, -0.1) is 0 Å². The summed E-state index contributed by atoms with van der Waals surface area (Å²) in [5.41, 5.74) is -0.279. The number of hydrogen-bond acceptors (Lipinski definition) is 3. The highest BCUT2D eigenvalue weighted by molar-refractivity contribution is 5.94. The van der Waals surface area contributed by atoms with Gasteiger partial charge >= 0.3 is 0 Å². The van der Waals surface area contributed by atoms with Gasteiger partial charge in [0.25, 0.3) is 5.91 Å². The van der Waals surface area contributed by atoms with E-state index < -0.39 is 17.5 Å². The van der Waals surface area contributed by atoms with Gasteiger partial charge in [-0.2, -0.15) is 0 Å². The third kappa shape index (κ3) is 5.06. The summed E-state index contributed by atoms with van der Waals surface area (Å²) in [6, 6.07) is 2.81. The van der Waals surface area contributed by atoms with Gasteiger partial charge in [0, 0.05) is 25.7 Å². The summed E-state index contributed by atoms with van der Waals surface area (Å²) in [6.07, 6.45) is 1.64. The Morgan fingerprint density at radius 1 is 1.43 bits per heavy atom. The van der Waals surface area contributed by atoms with Gasteiger partial charge in [0.15, 0.2) is 0 Å². The van der Waals surface area contributed by atoms with Crippen molar-refractivity contribution in [2.45, 2.75) is 12.8 Å². The molecule has 0 radical (unpaired) electrons. The average Bonchev–Trinajstić information content (AvgIpc) is 2.98. The highest BCUT2D eigenvalue weighted by atomic mass is 19.1. The Balaban J connectivity index is 1.61. The lowest BCUT2D eigenvalue weighted by molar-refractivity contribution is 0.0852. The van der Waals surface area contributed by atoms with Crippen molar-refractivity contribution in [3.63, 3.8) is 0 Å². The van der Waals surface area contributed by atoms with Crippen LogP contribution in [-0.4, -0.2) is 38.9 Å². The minimum absolute atomic E-state index is 0.279. The lowest BCUT2D eigenvalue weighted by Gasteiger charge is -2.09. The SMILES string of the molecule is O=C(NCCCOC[C@@H]1CCOC1)c1cc(F)ccc1F. The van der Waals surface area contributed by atoms with Crippen molar-refractivity contribution in [2.24, 2.45) is 5.92 Å². The second-order valence-electron chi connectivity index (χ2n) is 5.04. The highest BCUT2D eigenvalue weighted by Crippen LogP contribution is 2.12. The van der Waals surface area contributed by atoms with Crippen molar-refractivity contribution in [3.05, 3.63) is 35.4 Å². The molecule has 0 aromatic heterocycles. The van der Waals surface area contributed by atoms with Gasteiger partial charge in [-0.3, -0.25) is 4.79 Å². The van der Waals surface area contributed by atoms with Crippen LogP contribution in [0.4, 0.5) is 8.78 Å². The fraction of sp³-hybridized carbons (Fsp3) is 0.533. The predicted octanol–water partition coefficient (Wildman–Crippen LogP) is 2.14. The van der Waals surface area contributed by atoms with Crippen LogP contribution in [0.2, 0.25) is 0 Å². The van der Waals surface area contributed by atoms with E-state index in [1.54, 1.807) is 0 Å². The molecule has 116 valence electrons. The van der Waals surface area contributed by atoms with Gasteiger partial charge in [0.2, 0.25) is 0 Å². The van der Waals surface area contributed by atoms with Crippen LogP contribution in [0, 0.1) is 17.6 Å². The van der Waals surface area contributed by atoms with E-state index in [1.165, 1.54) is 0 Å². The second-order valence-corrected chi connectivity index (χ2v) is 5.04. The maximum atomic E-state index is 13.4. The molecule has 1 N–H and O–H groups in total. The van der Waals surface area contributed by atoms with Gasteiger partial charge in [0.1, 0.15) is 11.6 Å². The maximum Gasteiger partial charge on any atom is 0.254 e. The molecule has 1 aliphatic heterocycles. The van der Waals surface area contributed by atoms with Crippen molar-refractivity contribution in [2.75, 3.05) is 33.0 Å². The van der Waals surface area contributed by atoms with Crippen LogP contribution in [0.3, 0.4) is 0 Å². The van der Waals surface area contributed by atoms with E-state index in [4.69, 9.17) is 9.47 Å². The zero-order valence-corrected chi connectivity index (χ0v) is 11.7. The summed E-state index contributed by atoms with van der Waals surface area (Å²) in [4.78, 5) is 11.7. The summed E-state index contributed by atoms with van der Waals surface area (Å²) in [7, 11) is 0. The monoisotopic (exact) mass is 299 g/mol. The van der Waals surface area contributed by atoms with E-state index in [9.17, 15) is 13.6 Å². The number of benzene rings is 1. The number of rotatable bonds is 7. The van der Waals surface area contributed by atoms with E-state index >= 15 is 0 Å². The summed E-state index contributed by atoms with van der Waals surface area (Å²) in [6.45, 7) is 3.07. The second kappa shape index (κ2) is 8.05. The van der Waals surface area contributed by atoms with Gasteiger partial charge in [-0.1, -0.05) is 0 Å². The molecule has 0 unspecified atom stereocenters. The van der Waals surface area contributed by atoms with Crippen molar-refractivity contribution in [3.8, 4) is 0 Å². The zero-order valence-electron chi connectivity index (χ0n) is 11.7. The topological polar surface area (TPSA) is 47.6 Å². The molecule has 0 saturated carbocycles. The lowest BCUT2D eigenvalue weighted by atomic mass is 10.1. The Labute approximate surface area is 122 Å². The Kier molecular flexibility index (Phi) is 6.07. The summed E-state index contributed by atoms with van der Waals surface area (Å²) in [5.74, 6) is -1.52. The molecule has 0 spiro atoms. The van der Waals surface area contributed by atoms with Crippen LogP contribution >= 0.6 is 0 Å². The van der Waals surface area contributed by atoms with Crippen LogP contribution in [0.1, 0.15) is 23.2 Å². The first-order chi connectivity index (χ1) is 10.2. The molecule has 1 heterocycles. The van der Waals surface area contributed by atoms with E-state index in [2.05, 4.69) is 5.32 Å². The Morgan fingerprint density at radius 3 is 3.05 bits per heavy atom. The standard InChI is InChI=1S/C15H19F2NO3/c16-12-2-3-14(17)13(8-12)15(19)18-5-1-6-20-9-11-4-7-21-10-11/h2-3,8,11H,1,4-7,9-10H2,(H,18,19)/t11-/m0/s1. The van der Waals surface area contributed by atoms with E-state index in [1.807, 2.05) is 0 Å². The minimum atomic E-state index is -0.730. The van der Waals surface area contributed by atoms with Crippen LogP contribution in [0.15, 0.2) is 18.2 Å². The fourth-order valence-electron chi connectivity index (χ4n) is 2.11. The molecule has 1 saturated heterocycles. The molecule has 1 fully saturated rings. The third-order valence-electron chi connectivity index (χ3n) is 3.30. The van der Waals surface area contributed by atoms with Gasteiger partial charge < -0.3 is 14.8 Å². The van der Waals surface area contributed by atoms with Crippen LogP contribution in [-0.2, 0) is 9.47 Å². The number of nitrogens with one attached hydrogen (secondary N) is 1. The highest BCUT2D eigenvalue weighted by Gasteiger charge is 2.15. The molecular formula is C15H19F2NO3. The smallest absolute Gasteiger partial charge is 0.254 e. The molecule has 1 aromatic rings. The Morgan fingerprint density at radius 2 is 2.29 bits per heavy atom. The first-order valence-corrected chi connectivity index (χ1v) is 7.05. The molecule has 0 bridgehead atoms.